The van der Waals surface area contributed by atoms with Gasteiger partial charge in [0, 0.05) is 16.9 Å². The highest BCUT2D eigenvalue weighted by atomic mass is 32.1. The van der Waals surface area contributed by atoms with Gasteiger partial charge in [0.1, 0.15) is 16.5 Å². The Balaban J connectivity index is 1.36. The predicted molar refractivity (Wildman–Crippen MR) is 141 cm³/mol. The van der Waals surface area contributed by atoms with Gasteiger partial charge < -0.3 is 24.3 Å². The first-order chi connectivity index (χ1) is 18.0. The summed E-state index contributed by atoms with van der Waals surface area (Å²) < 4.78 is 22.0. The first-order valence-corrected chi connectivity index (χ1v) is 12.7. The molecule has 4 aromatic rings. The normalized spacial score (nSPS) is 11.7. The summed E-state index contributed by atoms with van der Waals surface area (Å²) >= 11 is 1.37. The molecule has 1 aromatic heterocycles. The van der Waals surface area contributed by atoms with Crippen molar-refractivity contribution in [2.45, 2.75) is 20.3 Å². The summed E-state index contributed by atoms with van der Waals surface area (Å²) in [6.45, 7) is 4.07. The molecule has 5 rings (SSSR count). The number of carbonyl (C=O) groups excluding carboxylic acids is 2. The lowest BCUT2D eigenvalue weighted by atomic mass is 10.1. The van der Waals surface area contributed by atoms with Crippen LogP contribution in [0.2, 0.25) is 0 Å². The van der Waals surface area contributed by atoms with E-state index in [0.717, 1.165) is 16.0 Å². The third kappa shape index (κ3) is 5.44. The molecule has 0 fully saturated rings. The molecule has 7 nitrogen and oxygen atoms in total. The topological polar surface area (TPSA) is 83.1 Å². The second kappa shape index (κ2) is 10.8. The monoisotopic (exact) mass is 515 g/mol. The van der Waals surface area contributed by atoms with Crippen molar-refractivity contribution in [3.63, 3.8) is 0 Å². The first kappa shape index (κ1) is 24.4. The minimum absolute atomic E-state index is 0.208. The number of hydrogen-bond acceptors (Lipinski definition) is 7. The zero-order valence-electron chi connectivity index (χ0n) is 20.4. The highest BCUT2D eigenvalue weighted by molar-refractivity contribution is 7.17. The fraction of sp³-hybridized carbons (Fsp3) is 0.172. The summed E-state index contributed by atoms with van der Waals surface area (Å²) in [5, 5.41) is 3.38. The third-order valence-corrected chi connectivity index (χ3v) is 7.06. The number of ether oxygens (including phenoxy) is 4. The molecular formula is C29H25NO6S. The SMILES string of the molecule is CCOC(=O)c1c(NC(=O)c2ccc(Oc3ccccc3)cc2)sc(Cc2ccc3c(c2)OCO3)c1C. The molecule has 0 saturated heterocycles. The fourth-order valence-electron chi connectivity index (χ4n) is 3.98. The zero-order chi connectivity index (χ0) is 25.8. The number of carbonyl (C=O) groups is 2. The van der Waals surface area contributed by atoms with E-state index in [0.29, 0.717) is 45.5 Å². The number of hydrogen-bond donors (Lipinski definition) is 1. The molecule has 1 amide bonds. The standard InChI is InChI=1S/C29H25NO6S/c1-3-33-29(32)26-18(2)25(16-19-9-14-23-24(15-19)35-17-34-23)37-28(26)30-27(31)20-10-12-22(13-11-20)36-21-7-5-4-6-8-21/h4-15H,3,16-17H2,1-2H3,(H,30,31). The van der Waals surface area contributed by atoms with E-state index < -0.39 is 5.97 Å². The Bertz CT molecular complexity index is 1430. The Kier molecular flexibility index (Phi) is 7.09. The van der Waals surface area contributed by atoms with Crippen LogP contribution < -0.4 is 19.5 Å². The molecule has 0 spiro atoms. The van der Waals surface area contributed by atoms with Gasteiger partial charge in [-0.1, -0.05) is 24.3 Å². The molecule has 1 aliphatic rings. The van der Waals surface area contributed by atoms with Crippen LogP contribution in [0.1, 0.15) is 43.6 Å². The summed E-state index contributed by atoms with van der Waals surface area (Å²) in [4.78, 5) is 26.9. The molecule has 0 bridgehead atoms. The molecule has 0 unspecified atom stereocenters. The zero-order valence-corrected chi connectivity index (χ0v) is 21.2. The van der Waals surface area contributed by atoms with Gasteiger partial charge in [-0.3, -0.25) is 4.79 Å². The smallest absolute Gasteiger partial charge is 0.341 e. The second-order valence-corrected chi connectivity index (χ2v) is 9.44. The maximum Gasteiger partial charge on any atom is 0.341 e. The number of para-hydroxylation sites is 1. The van der Waals surface area contributed by atoms with Gasteiger partial charge in [0.15, 0.2) is 11.5 Å². The van der Waals surface area contributed by atoms with E-state index in [2.05, 4.69) is 5.32 Å². The van der Waals surface area contributed by atoms with E-state index in [1.165, 1.54) is 11.3 Å². The van der Waals surface area contributed by atoms with Gasteiger partial charge in [0.25, 0.3) is 5.91 Å². The van der Waals surface area contributed by atoms with Crippen molar-refractivity contribution in [3.8, 4) is 23.0 Å². The van der Waals surface area contributed by atoms with E-state index in [4.69, 9.17) is 18.9 Å². The molecular weight excluding hydrogens is 490 g/mol. The molecule has 0 atom stereocenters. The van der Waals surface area contributed by atoms with Crippen molar-refractivity contribution in [1.82, 2.24) is 0 Å². The molecule has 2 heterocycles. The van der Waals surface area contributed by atoms with Crippen molar-refractivity contribution >= 4 is 28.2 Å². The summed E-state index contributed by atoms with van der Waals surface area (Å²) in [6.07, 6.45) is 0.570. The van der Waals surface area contributed by atoms with Gasteiger partial charge in [-0.05, 0) is 73.5 Å². The van der Waals surface area contributed by atoms with Crippen molar-refractivity contribution in [2.24, 2.45) is 0 Å². The van der Waals surface area contributed by atoms with Crippen LogP contribution >= 0.6 is 11.3 Å². The van der Waals surface area contributed by atoms with Crippen LogP contribution in [0, 0.1) is 6.92 Å². The number of amides is 1. The number of fused-ring (bicyclic) bond motifs is 1. The summed E-state index contributed by atoms with van der Waals surface area (Å²) in [6, 6.07) is 22.0. The Labute approximate surface area is 218 Å². The van der Waals surface area contributed by atoms with Gasteiger partial charge in [-0.15, -0.1) is 11.3 Å². The van der Waals surface area contributed by atoms with Crippen LogP contribution in [0.15, 0.2) is 72.8 Å². The molecule has 1 aliphatic heterocycles. The average molecular weight is 516 g/mol. The maximum atomic E-state index is 13.1. The summed E-state index contributed by atoms with van der Waals surface area (Å²) in [5.41, 5.74) is 2.61. The number of thiophene rings is 1. The molecule has 37 heavy (non-hydrogen) atoms. The molecule has 0 saturated carbocycles. The molecule has 8 heteroatoms. The fourth-order valence-corrected chi connectivity index (χ4v) is 5.20. The highest BCUT2D eigenvalue weighted by Crippen LogP contribution is 2.38. The molecule has 0 radical (unpaired) electrons. The number of rotatable bonds is 8. The first-order valence-electron chi connectivity index (χ1n) is 11.8. The van der Waals surface area contributed by atoms with Gasteiger partial charge in [0.2, 0.25) is 6.79 Å². The lowest BCUT2D eigenvalue weighted by Crippen LogP contribution is -2.14. The summed E-state index contributed by atoms with van der Waals surface area (Å²) in [7, 11) is 0. The van der Waals surface area contributed by atoms with E-state index in [9.17, 15) is 9.59 Å². The minimum atomic E-state index is -0.463. The van der Waals surface area contributed by atoms with Gasteiger partial charge in [-0.25, -0.2) is 4.79 Å². The third-order valence-electron chi connectivity index (χ3n) is 5.85. The van der Waals surface area contributed by atoms with Crippen molar-refractivity contribution < 1.29 is 28.5 Å². The number of esters is 1. The van der Waals surface area contributed by atoms with Gasteiger partial charge in [-0.2, -0.15) is 0 Å². The lowest BCUT2D eigenvalue weighted by molar-refractivity contribution is 0.0527. The van der Waals surface area contributed by atoms with Crippen LogP contribution in [-0.2, 0) is 11.2 Å². The minimum Gasteiger partial charge on any atom is -0.462 e. The summed E-state index contributed by atoms with van der Waals surface area (Å²) in [5.74, 6) is 1.95. The van der Waals surface area contributed by atoms with E-state index >= 15 is 0 Å². The van der Waals surface area contributed by atoms with E-state index in [1.807, 2.05) is 55.5 Å². The van der Waals surface area contributed by atoms with Crippen molar-refractivity contribution in [1.29, 1.82) is 0 Å². The molecule has 1 N–H and O–H groups in total. The molecule has 3 aromatic carbocycles. The number of nitrogens with one attached hydrogen (secondary N) is 1. The van der Waals surface area contributed by atoms with Crippen LogP contribution in [-0.4, -0.2) is 25.3 Å². The predicted octanol–water partition coefficient (Wildman–Crippen LogP) is 6.60. The largest absolute Gasteiger partial charge is 0.462 e. The van der Waals surface area contributed by atoms with Gasteiger partial charge in [0.05, 0.1) is 12.2 Å². The Hall–Kier alpha value is -4.30. The Morgan fingerprint density at radius 2 is 1.68 bits per heavy atom. The molecule has 188 valence electrons. The average Bonchev–Trinajstić information content (AvgIpc) is 3.49. The van der Waals surface area contributed by atoms with Gasteiger partial charge >= 0.3 is 5.97 Å². The van der Waals surface area contributed by atoms with Crippen LogP contribution in [0.4, 0.5) is 5.00 Å². The Morgan fingerprint density at radius 3 is 2.43 bits per heavy atom. The number of benzene rings is 3. The second-order valence-electron chi connectivity index (χ2n) is 8.33. The van der Waals surface area contributed by atoms with E-state index in [1.54, 1.807) is 31.2 Å². The molecule has 0 aliphatic carbocycles. The van der Waals surface area contributed by atoms with Crippen LogP contribution in [0.3, 0.4) is 0 Å². The number of anilines is 1. The van der Waals surface area contributed by atoms with Crippen LogP contribution in [0.5, 0.6) is 23.0 Å². The van der Waals surface area contributed by atoms with E-state index in [-0.39, 0.29) is 19.3 Å². The lowest BCUT2D eigenvalue weighted by Gasteiger charge is -2.08. The maximum absolute atomic E-state index is 13.1. The Morgan fingerprint density at radius 1 is 0.946 bits per heavy atom. The van der Waals surface area contributed by atoms with Crippen LogP contribution in [0.25, 0.3) is 0 Å². The van der Waals surface area contributed by atoms with Crippen molar-refractivity contribution in [2.75, 3.05) is 18.7 Å². The van der Waals surface area contributed by atoms with Crippen molar-refractivity contribution in [3.05, 3.63) is 99.9 Å². The quantitative estimate of drug-likeness (QED) is 0.266. The highest BCUT2D eigenvalue weighted by Gasteiger charge is 2.24.